The van der Waals surface area contributed by atoms with Crippen molar-refractivity contribution in [1.82, 2.24) is 35.6 Å². The Labute approximate surface area is 256 Å². The van der Waals surface area contributed by atoms with Gasteiger partial charge in [0.25, 0.3) is 0 Å². The molecule has 4 rings (SSSR count). The zero-order chi connectivity index (χ0) is 33.0. The lowest BCUT2D eigenvalue weighted by molar-refractivity contribution is -0.153. The summed E-state index contributed by atoms with van der Waals surface area (Å²) in [5, 5.41) is 27.1. The predicted octanol–water partition coefficient (Wildman–Crippen LogP) is -3.01. The van der Waals surface area contributed by atoms with Gasteiger partial charge in [0.1, 0.15) is 11.8 Å². The maximum Gasteiger partial charge on any atom is 0.547 e. The van der Waals surface area contributed by atoms with Crippen LogP contribution in [0.25, 0.3) is 0 Å². The van der Waals surface area contributed by atoms with E-state index in [9.17, 15) is 48.5 Å². The largest absolute Gasteiger partial charge is 0.547 e. The van der Waals surface area contributed by atoms with Gasteiger partial charge in [-0.3, -0.25) is 33.8 Å². The van der Waals surface area contributed by atoms with E-state index in [1.54, 1.807) is 19.9 Å². The van der Waals surface area contributed by atoms with E-state index in [2.05, 4.69) is 16.0 Å². The van der Waals surface area contributed by atoms with Gasteiger partial charge < -0.3 is 40.5 Å². The average molecular weight is 629 g/mol. The summed E-state index contributed by atoms with van der Waals surface area (Å²) in [5.41, 5.74) is 0.172. The van der Waals surface area contributed by atoms with Gasteiger partial charge in [0.15, 0.2) is 0 Å². The molecule has 0 aromatic heterocycles. The minimum absolute atomic E-state index is 0.0608. The highest BCUT2D eigenvalue weighted by Gasteiger charge is 2.41. The van der Waals surface area contributed by atoms with Crippen LogP contribution in [-0.4, -0.2) is 142 Å². The molecule has 0 unspecified atom stereocenters. The predicted molar refractivity (Wildman–Crippen MR) is 151 cm³/mol. The Morgan fingerprint density at radius 2 is 1.49 bits per heavy atom. The quantitative estimate of drug-likeness (QED) is 0.144. The molecule has 0 spiro atoms. The third kappa shape index (κ3) is 6.82. The third-order valence-corrected chi connectivity index (χ3v) is 7.62. The molecule has 3 aliphatic rings. The number of hydrogen-bond acceptors (Lipinski definition) is 10. The summed E-state index contributed by atoms with van der Waals surface area (Å²) in [6.07, 6.45) is -0.0688. The van der Waals surface area contributed by atoms with E-state index in [0.29, 0.717) is 15.4 Å². The van der Waals surface area contributed by atoms with Gasteiger partial charge in [0.05, 0.1) is 11.5 Å². The monoisotopic (exact) mass is 629 g/mol. The number of hydrogen-bond donors (Lipinski definition) is 5. The van der Waals surface area contributed by atoms with E-state index in [1.165, 1.54) is 21.9 Å². The molecule has 240 valence electrons. The molecule has 2 fully saturated rings. The first-order chi connectivity index (χ1) is 21.4. The van der Waals surface area contributed by atoms with Crippen LogP contribution in [0, 0.1) is 0 Å². The molecule has 1 aromatic rings. The van der Waals surface area contributed by atoms with Crippen LogP contribution >= 0.6 is 0 Å². The highest BCUT2D eigenvalue weighted by Crippen LogP contribution is 2.30. The number of likely N-dealkylation sites (N-methyl/N-ethyl adjacent to an activating group) is 2. The second kappa shape index (κ2) is 13.6. The lowest BCUT2D eigenvalue weighted by Gasteiger charge is -2.34. The number of fused-ring (bicyclic) bond motifs is 1. The van der Waals surface area contributed by atoms with Crippen molar-refractivity contribution in [3.63, 3.8) is 0 Å². The molecule has 18 nitrogen and oxygen atoms in total. The molecule has 2 atom stereocenters. The van der Waals surface area contributed by atoms with E-state index in [0.717, 1.165) is 0 Å². The summed E-state index contributed by atoms with van der Waals surface area (Å²) in [5.74, 6) is -7.45. The van der Waals surface area contributed by atoms with Crippen molar-refractivity contribution in [2.45, 2.75) is 32.3 Å². The summed E-state index contributed by atoms with van der Waals surface area (Å²) >= 11 is 0. The Balaban J connectivity index is 1.50. The van der Waals surface area contributed by atoms with Crippen molar-refractivity contribution in [2.75, 3.05) is 45.8 Å². The molecule has 0 aliphatic carbocycles. The minimum Gasteiger partial charge on any atom is -0.534 e. The second-order valence-electron chi connectivity index (χ2n) is 10.3. The van der Waals surface area contributed by atoms with Gasteiger partial charge in [0.2, 0.25) is 5.91 Å². The summed E-state index contributed by atoms with van der Waals surface area (Å²) < 4.78 is 5.39. The molecular formula is C26H32BN7O11. The van der Waals surface area contributed by atoms with Crippen LogP contribution in [0.1, 0.15) is 29.8 Å². The molecule has 3 heterocycles. The van der Waals surface area contributed by atoms with Crippen molar-refractivity contribution in [2.24, 2.45) is 0 Å². The number of piperazine rings is 2. The topological polar surface area (TPSA) is 235 Å². The molecule has 0 radical (unpaired) electrons. The van der Waals surface area contributed by atoms with E-state index in [4.69, 9.17) is 4.65 Å². The number of urea groups is 2. The Morgan fingerprint density at radius 3 is 2.04 bits per heavy atom. The molecule has 2 saturated heterocycles. The number of imide groups is 2. The Morgan fingerprint density at radius 1 is 0.911 bits per heavy atom. The smallest absolute Gasteiger partial charge is 0.534 e. The fourth-order valence-corrected chi connectivity index (χ4v) is 5.06. The number of carboxylic acid groups (broad SMARTS) is 1. The van der Waals surface area contributed by atoms with Gasteiger partial charge in [-0.2, -0.15) is 0 Å². The number of amides is 9. The van der Waals surface area contributed by atoms with Crippen LogP contribution in [0.5, 0.6) is 5.75 Å². The zero-order valence-corrected chi connectivity index (χ0v) is 24.5. The summed E-state index contributed by atoms with van der Waals surface area (Å²) in [6, 6.07) is 0.544. The number of carbonyl (C=O) groups is 8. The lowest BCUT2D eigenvalue weighted by Crippen LogP contribution is -2.64. The number of benzene rings is 1. The van der Waals surface area contributed by atoms with Crippen LogP contribution in [0.4, 0.5) is 9.59 Å². The van der Waals surface area contributed by atoms with Crippen molar-refractivity contribution >= 4 is 54.7 Å². The van der Waals surface area contributed by atoms with Gasteiger partial charge in [-0.1, -0.05) is 12.1 Å². The molecule has 0 saturated carbocycles. The third-order valence-electron chi connectivity index (χ3n) is 7.62. The van der Waals surface area contributed by atoms with Crippen molar-refractivity contribution < 1.29 is 53.1 Å². The van der Waals surface area contributed by atoms with E-state index in [1.807, 2.05) is 0 Å². The fraction of sp³-hybridized carbons (Fsp3) is 0.462. The lowest BCUT2D eigenvalue weighted by atomic mass is 9.72. The van der Waals surface area contributed by atoms with Crippen LogP contribution in [0.3, 0.4) is 0 Å². The first kappa shape index (κ1) is 32.7. The number of nitrogens with zero attached hydrogens (tertiary/aromatic N) is 4. The molecule has 9 amide bonds. The van der Waals surface area contributed by atoms with Gasteiger partial charge in [-0.15, -0.1) is 0 Å². The minimum atomic E-state index is -1.70. The van der Waals surface area contributed by atoms with Crippen molar-refractivity contribution in [3.05, 3.63) is 29.3 Å². The molecule has 3 aliphatic heterocycles. The fourth-order valence-electron chi connectivity index (χ4n) is 5.06. The van der Waals surface area contributed by atoms with Crippen LogP contribution in [0.2, 0.25) is 0 Å². The van der Waals surface area contributed by atoms with E-state index in [-0.39, 0.29) is 57.0 Å². The van der Waals surface area contributed by atoms with Crippen LogP contribution in [0.15, 0.2) is 18.2 Å². The number of nitrogens with one attached hydrogen (secondary N) is 3. The molecule has 1 aromatic carbocycles. The Kier molecular flexibility index (Phi) is 9.90. The number of carboxylic acids is 1. The number of para-hydroxylation sites is 1. The van der Waals surface area contributed by atoms with Crippen LogP contribution in [-0.2, 0) is 30.4 Å². The molecule has 45 heavy (non-hydrogen) atoms. The van der Waals surface area contributed by atoms with Gasteiger partial charge in [-0.25, -0.2) is 14.4 Å². The Bertz CT molecular complexity index is 1440. The Hall–Kier alpha value is -5.20. The van der Waals surface area contributed by atoms with E-state index < -0.39 is 73.2 Å². The molecule has 5 N–H and O–H groups in total. The SMILES string of the molecule is CCN1CCN(C(=O)NC[C@@H](NC(=O)N2CCN(CC)C(=O)C2=O)C(=O)N[C@H]2Cc3cccc(C(=O)O)c3OB2O)C(=O)C1=O. The van der Waals surface area contributed by atoms with E-state index >= 15 is 0 Å². The number of rotatable bonds is 8. The first-order valence-electron chi connectivity index (χ1n) is 14.2. The summed E-state index contributed by atoms with van der Waals surface area (Å²) in [7, 11) is -1.70. The molecule has 0 bridgehead atoms. The maximum absolute atomic E-state index is 13.4. The number of carbonyl (C=O) groups excluding carboxylic acids is 7. The molecular weight excluding hydrogens is 597 g/mol. The maximum atomic E-state index is 13.4. The van der Waals surface area contributed by atoms with Crippen LogP contribution < -0.4 is 20.6 Å². The van der Waals surface area contributed by atoms with Gasteiger partial charge >= 0.3 is 48.8 Å². The second-order valence-corrected chi connectivity index (χ2v) is 10.3. The van der Waals surface area contributed by atoms with Crippen molar-refractivity contribution in [1.29, 1.82) is 0 Å². The zero-order valence-electron chi connectivity index (χ0n) is 24.5. The highest BCUT2D eigenvalue weighted by atomic mass is 16.5. The van der Waals surface area contributed by atoms with Gasteiger partial charge in [0, 0.05) is 45.8 Å². The summed E-state index contributed by atoms with van der Waals surface area (Å²) in [6.45, 7) is 3.09. The highest BCUT2D eigenvalue weighted by molar-refractivity contribution is 6.47. The van der Waals surface area contributed by atoms with Gasteiger partial charge in [-0.05, 0) is 31.9 Å². The van der Waals surface area contributed by atoms with Crippen molar-refractivity contribution in [3.8, 4) is 5.75 Å². The average Bonchev–Trinajstić information content (AvgIpc) is 3.01. The standard InChI is InChI=1S/C26H32BN7O11/c1-3-31-8-10-33(22(38)20(31)36)25(42)28-13-16(29-26(43)34-11-9-32(4-2)21(37)23(34)39)19(35)30-17-12-14-6-5-7-15(24(40)41)18(14)45-27(17)44/h5-7,16-17,44H,3-4,8-13H2,1-2H3,(H,28,42)(H,29,43)(H,30,35)(H,40,41)/t16-,17+/m1/s1. The number of aromatic carboxylic acids is 1. The normalized spacial score (nSPS) is 19.1. The molecule has 19 heteroatoms. The summed E-state index contributed by atoms with van der Waals surface area (Å²) in [4.78, 5) is 104. The first-order valence-corrected chi connectivity index (χ1v) is 14.2.